The van der Waals surface area contributed by atoms with Gasteiger partial charge in [0.05, 0.1) is 25.5 Å². The molecule has 0 saturated carbocycles. The zero-order valence-corrected chi connectivity index (χ0v) is 12.0. The van der Waals surface area contributed by atoms with Crippen LogP contribution in [0.15, 0.2) is 24.3 Å². The highest BCUT2D eigenvalue weighted by atomic mass is 19.2. The van der Waals surface area contributed by atoms with E-state index >= 15 is 0 Å². The molecule has 2 rings (SSSR count). The number of carbonyl (C=O) groups is 1. The number of anilines is 1. The summed E-state index contributed by atoms with van der Waals surface area (Å²) in [7, 11) is 2.72. The summed E-state index contributed by atoms with van der Waals surface area (Å²) in [5.74, 6) is -8.12. The second kappa shape index (κ2) is 6.55. The summed E-state index contributed by atoms with van der Waals surface area (Å²) in [4.78, 5) is 12.0. The van der Waals surface area contributed by atoms with Crippen LogP contribution >= 0.6 is 0 Å². The van der Waals surface area contributed by atoms with E-state index in [9.17, 15) is 22.4 Å². The fourth-order valence-electron chi connectivity index (χ4n) is 1.84. The van der Waals surface area contributed by atoms with E-state index in [2.05, 4.69) is 5.32 Å². The molecule has 0 aliphatic rings. The van der Waals surface area contributed by atoms with Crippen molar-refractivity contribution in [2.75, 3.05) is 19.5 Å². The lowest BCUT2D eigenvalue weighted by Crippen LogP contribution is -2.16. The van der Waals surface area contributed by atoms with Crippen LogP contribution in [0.5, 0.6) is 11.5 Å². The zero-order valence-electron chi connectivity index (χ0n) is 12.0. The molecule has 0 aliphatic carbocycles. The van der Waals surface area contributed by atoms with Crippen LogP contribution in [0, 0.1) is 23.3 Å². The van der Waals surface area contributed by atoms with E-state index in [0.29, 0.717) is 5.75 Å². The van der Waals surface area contributed by atoms with Crippen LogP contribution in [0.25, 0.3) is 0 Å². The van der Waals surface area contributed by atoms with Crippen molar-refractivity contribution in [2.24, 2.45) is 0 Å². The molecule has 2 aromatic rings. The summed E-state index contributed by atoms with van der Waals surface area (Å²) in [6.07, 6.45) is 0. The molecule has 0 spiro atoms. The molecule has 0 saturated heterocycles. The minimum absolute atomic E-state index is 0.0846. The zero-order chi connectivity index (χ0) is 17.1. The number of nitrogens with one attached hydrogen (secondary N) is 1. The molecule has 4 nitrogen and oxygen atoms in total. The standard InChI is InChI=1S/C15H11F4NO3/c1-22-7-3-4-11(23-2)10(5-7)20-15(21)8-6-9(16)13(18)14(19)12(8)17/h3-6H,1-2H3,(H,20,21). The van der Waals surface area contributed by atoms with Gasteiger partial charge in [-0.25, -0.2) is 17.6 Å². The Kier molecular flexibility index (Phi) is 4.73. The van der Waals surface area contributed by atoms with E-state index in [1.54, 1.807) is 6.07 Å². The van der Waals surface area contributed by atoms with Gasteiger partial charge in [-0.05, 0) is 18.2 Å². The van der Waals surface area contributed by atoms with E-state index in [-0.39, 0.29) is 17.5 Å². The fourth-order valence-corrected chi connectivity index (χ4v) is 1.84. The van der Waals surface area contributed by atoms with Crippen molar-refractivity contribution in [2.45, 2.75) is 0 Å². The highest BCUT2D eigenvalue weighted by Crippen LogP contribution is 2.30. The molecule has 122 valence electrons. The van der Waals surface area contributed by atoms with Gasteiger partial charge in [0.15, 0.2) is 23.3 Å². The number of carbonyl (C=O) groups excluding carboxylic acids is 1. The van der Waals surface area contributed by atoms with Gasteiger partial charge in [-0.3, -0.25) is 4.79 Å². The summed E-state index contributed by atoms with van der Waals surface area (Å²) in [6.45, 7) is 0. The Labute approximate surface area is 128 Å². The maximum Gasteiger partial charge on any atom is 0.258 e. The molecule has 8 heteroatoms. The van der Waals surface area contributed by atoms with Crippen molar-refractivity contribution in [3.8, 4) is 11.5 Å². The normalized spacial score (nSPS) is 10.3. The summed E-state index contributed by atoms with van der Waals surface area (Å²) in [6, 6.07) is 4.66. The number of ether oxygens (including phenoxy) is 2. The van der Waals surface area contributed by atoms with Gasteiger partial charge in [0.1, 0.15) is 11.5 Å². The Balaban J connectivity index is 2.40. The molecule has 0 aliphatic heterocycles. The predicted octanol–water partition coefficient (Wildman–Crippen LogP) is 3.51. The minimum Gasteiger partial charge on any atom is -0.497 e. The molecule has 23 heavy (non-hydrogen) atoms. The summed E-state index contributed by atoms with van der Waals surface area (Å²) >= 11 is 0. The van der Waals surface area contributed by atoms with Crippen molar-refractivity contribution in [3.63, 3.8) is 0 Å². The number of methoxy groups -OCH3 is 2. The van der Waals surface area contributed by atoms with Crippen molar-refractivity contribution < 1.29 is 31.8 Å². The molecular formula is C15H11F4NO3. The van der Waals surface area contributed by atoms with E-state index in [0.717, 1.165) is 0 Å². The van der Waals surface area contributed by atoms with Crippen molar-refractivity contribution >= 4 is 11.6 Å². The highest BCUT2D eigenvalue weighted by molar-refractivity contribution is 6.05. The lowest BCUT2D eigenvalue weighted by atomic mass is 10.1. The summed E-state index contributed by atoms with van der Waals surface area (Å²) in [5, 5.41) is 2.23. The average molecular weight is 329 g/mol. The van der Waals surface area contributed by atoms with E-state index in [4.69, 9.17) is 9.47 Å². The average Bonchev–Trinajstić information content (AvgIpc) is 2.55. The van der Waals surface area contributed by atoms with Crippen molar-refractivity contribution in [3.05, 3.63) is 53.1 Å². The molecular weight excluding hydrogens is 318 g/mol. The van der Waals surface area contributed by atoms with Crippen LogP contribution in [0.1, 0.15) is 10.4 Å². The molecule has 0 radical (unpaired) electrons. The first kappa shape index (κ1) is 16.6. The lowest BCUT2D eigenvalue weighted by molar-refractivity contribution is 0.102. The van der Waals surface area contributed by atoms with Crippen molar-refractivity contribution in [1.29, 1.82) is 0 Å². The molecule has 0 atom stereocenters. The van der Waals surface area contributed by atoms with Crippen LogP contribution in [0.3, 0.4) is 0 Å². The van der Waals surface area contributed by atoms with Crippen LogP contribution in [0.4, 0.5) is 23.2 Å². The van der Waals surface area contributed by atoms with Crippen molar-refractivity contribution in [1.82, 2.24) is 0 Å². The maximum atomic E-state index is 13.6. The second-order valence-corrected chi connectivity index (χ2v) is 4.37. The van der Waals surface area contributed by atoms with Crippen LogP contribution < -0.4 is 14.8 Å². The molecule has 1 amide bonds. The largest absolute Gasteiger partial charge is 0.497 e. The van der Waals surface area contributed by atoms with Gasteiger partial charge >= 0.3 is 0 Å². The van der Waals surface area contributed by atoms with Crippen LogP contribution in [-0.2, 0) is 0 Å². The highest BCUT2D eigenvalue weighted by Gasteiger charge is 2.23. The number of rotatable bonds is 4. The first-order chi connectivity index (χ1) is 10.9. The maximum absolute atomic E-state index is 13.6. The van der Waals surface area contributed by atoms with Gasteiger partial charge in [-0.1, -0.05) is 0 Å². The molecule has 2 aromatic carbocycles. The second-order valence-electron chi connectivity index (χ2n) is 4.37. The van der Waals surface area contributed by atoms with Gasteiger partial charge in [0, 0.05) is 6.07 Å². The van der Waals surface area contributed by atoms with Crippen LogP contribution in [0.2, 0.25) is 0 Å². The van der Waals surface area contributed by atoms with Crippen LogP contribution in [-0.4, -0.2) is 20.1 Å². The number of hydrogen-bond acceptors (Lipinski definition) is 3. The topological polar surface area (TPSA) is 47.6 Å². The first-order valence-corrected chi connectivity index (χ1v) is 6.25. The number of amides is 1. The Hall–Kier alpha value is -2.77. The van der Waals surface area contributed by atoms with E-state index < -0.39 is 34.7 Å². The first-order valence-electron chi connectivity index (χ1n) is 6.25. The Morgan fingerprint density at radius 3 is 2.26 bits per heavy atom. The molecule has 0 aromatic heterocycles. The van der Waals surface area contributed by atoms with E-state index in [1.165, 1.54) is 26.4 Å². The Bertz CT molecular complexity index is 765. The molecule has 0 heterocycles. The summed E-state index contributed by atoms with van der Waals surface area (Å²) in [5.41, 5.74) is -0.896. The number of halogens is 4. The van der Waals surface area contributed by atoms with E-state index in [1.807, 2.05) is 0 Å². The number of hydrogen-bond donors (Lipinski definition) is 1. The molecule has 0 fully saturated rings. The SMILES string of the molecule is COc1ccc(OC)c(NC(=O)c2cc(F)c(F)c(F)c2F)c1. The van der Waals surface area contributed by atoms with Gasteiger partial charge in [0.2, 0.25) is 0 Å². The molecule has 1 N–H and O–H groups in total. The minimum atomic E-state index is -2.06. The third-order valence-electron chi connectivity index (χ3n) is 3.00. The lowest BCUT2D eigenvalue weighted by Gasteiger charge is -2.12. The van der Waals surface area contributed by atoms with Gasteiger partial charge in [-0.2, -0.15) is 0 Å². The fraction of sp³-hybridized carbons (Fsp3) is 0.133. The monoisotopic (exact) mass is 329 g/mol. The summed E-state index contributed by atoms with van der Waals surface area (Å²) < 4.78 is 62.9. The smallest absolute Gasteiger partial charge is 0.258 e. The Morgan fingerprint density at radius 1 is 0.957 bits per heavy atom. The predicted molar refractivity (Wildman–Crippen MR) is 73.8 cm³/mol. The van der Waals surface area contributed by atoms with Gasteiger partial charge in [0.25, 0.3) is 5.91 Å². The third kappa shape index (κ3) is 3.20. The molecule has 0 unspecified atom stereocenters. The quantitative estimate of drug-likeness (QED) is 0.530. The molecule has 0 bridgehead atoms. The number of benzene rings is 2. The van der Waals surface area contributed by atoms with Gasteiger partial charge in [-0.15, -0.1) is 0 Å². The third-order valence-corrected chi connectivity index (χ3v) is 3.00. The Morgan fingerprint density at radius 2 is 1.65 bits per heavy atom. The van der Waals surface area contributed by atoms with Gasteiger partial charge < -0.3 is 14.8 Å².